The highest BCUT2D eigenvalue weighted by molar-refractivity contribution is 9.18. The van der Waals surface area contributed by atoms with E-state index in [1.165, 1.54) is 0 Å². The molecule has 15 heteroatoms. The van der Waals surface area contributed by atoms with Gasteiger partial charge < -0.3 is 4.74 Å². The van der Waals surface area contributed by atoms with Crippen molar-refractivity contribution in [3.8, 4) is 0 Å². The maximum atomic E-state index is 7.49. The SMILES string of the molecule is BrCCC(Br)C1(OC2(C(Br)CCBr)C(Br)=C(Br)C(Br)=C(Br)C2Br)C(Br)=C(Br)C(Br)=C(Br)C1Br. The molecule has 0 N–H and O–H groups in total. The van der Waals surface area contributed by atoms with Crippen molar-refractivity contribution >= 4 is 223 Å². The van der Waals surface area contributed by atoms with Gasteiger partial charge in [0.1, 0.15) is 11.2 Å². The van der Waals surface area contributed by atoms with E-state index in [-0.39, 0.29) is 19.3 Å². The quantitative estimate of drug-likeness (QED) is 0.220. The number of allylic oxidation sites excluding steroid dienone is 4. The van der Waals surface area contributed by atoms with Crippen LogP contribution in [0.2, 0.25) is 0 Å². The fourth-order valence-corrected chi connectivity index (χ4v) is 17.1. The smallest absolute Gasteiger partial charge is 0.131 e. The number of hydrogen-bond donors (Lipinski definition) is 0. The van der Waals surface area contributed by atoms with Crippen molar-refractivity contribution < 1.29 is 4.74 Å². The van der Waals surface area contributed by atoms with Crippen LogP contribution in [0.15, 0.2) is 35.9 Å². The molecule has 0 spiro atoms. The third-order valence-electron chi connectivity index (χ3n) is 5.07. The first-order valence-corrected chi connectivity index (χ1v) is 21.1. The van der Waals surface area contributed by atoms with E-state index in [1.807, 2.05) is 0 Å². The molecular formula is C18H12Br14O. The monoisotopic (exact) mass is 1350 g/mol. The van der Waals surface area contributed by atoms with Crippen LogP contribution in [-0.2, 0) is 4.74 Å². The van der Waals surface area contributed by atoms with Gasteiger partial charge in [0.05, 0.1) is 19.3 Å². The lowest BCUT2D eigenvalue weighted by Crippen LogP contribution is -2.63. The Morgan fingerprint density at radius 1 is 0.606 bits per heavy atom. The molecule has 2 aliphatic rings. The summed E-state index contributed by atoms with van der Waals surface area (Å²) >= 11 is 53.5. The Kier molecular flexibility index (Phi) is 15.5. The Morgan fingerprint density at radius 2 is 0.909 bits per heavy atom. The van der Waals surface area contributed by atoms with Crippen LogP contribution in [0.5, 0.6) is 0 Å². The largest absolute Gasteiger partial charge is 0.352 e. The fraction of sp³-hybridized carbons (Fsp3) is 0.556. The predicted octanol–water partition coefficient (Wildman–Crippen LogP) is 13.1. The van der Waals surface area contributed by atoms with Crippen molar-refractivity contribution in [1.82, 2.24) is 0 Å². The molecule has 0 aliphatic heterocycles. The van der Waals surface area contributed by atoms with Crippen molar-refractivity contribution in [2.45, 2.75) is 43.4 Å². The average molecular weight is 1360 g/mol. The number of hydrogen-bond acceptors (Lipinski definition) is 1. The van der Waals surface area contributed by atoms with E-state index in [9.17, 15) is 0 Å². The number of ether oxygens (including phenoxy) is 1. The zero-order chi connectivity index (χ0) is 25.5. The van der Waals surface area contributed by atoms with Gasteiger partial charge >= 0.3 is 0 Å². The van der Waals surface area contributed by atoms with Gasteiger partial charge in [-0.25, -0.2) is 0 Å². The van der Waals surface area contributed by atoms with Crippen molar-refractivity contribution in [2.24, 2.45) is 0 Å². The average Bonchev–Trinajstić information content (AvgIpc) is 2.79. The summed E-state index contributed by atoms with van der Waals surface area (Å²) in [4.78, 5) is -0.579. The van der Waals surface area contributed by atoms with Gasteiger partial charge in [0.2, 0.25) is 0 Å². The molecule has 1 nitrogen and oxygen atoms in total. The van der Waals surface area contributed by atoms with Crippen molar-refractivity contribution in [1.29, 1.82) is 0 Å². The van der Waals surface area contributed by atoms with E-state index in [0.717, 1.165) is 59.4 Å². The summed E-state index contributed by atoms with van der Waals surface area (Å²) in [5.74, 6) is 0. The normalized spacial score (nSPS) is 33.3. The van der Waals surface area contributed by atoms with Crippen LogP contribution in [0.1, 0.15) is 12.8 Å². The van der Waals surface area contributed by atoms with Gasteiger partial charge in [-0.15, -0.1) is 0 Å². The minimum absolute atomic E-state index is 0.0729. The second-order valence-corrected chi connectivity index (χ2v) is 19.0. The van der Waals surface area contributed by atoms with Crippen LogP contribution in [0.25, 0.3) is 0 Å². The lowest BCUT2D eigenvalue weighted by Gasteiger charge is -2.54. The highest BCUT2D eigenvalue weighted by Crippen LogP contribution is 2.61. The minimum Gasteiger partial charge on any atom is -0.352 e. The molecular weight excluding hydrogens is 1350 g/mol. The van der Waals surface area contributed by atoms with Gasteiger partial charge in [0.15, 0.2) is 0 Å². The summed E-state index contributed by atoms with van der Waals surface area (Å²) in [6.45, 7) is 0. The molecule has 6 unspecified atom stereocenters. The second-order valence-electron chi connectivity index (χ2n) is 6.88. The zero-order valence-corrected chi connectivity index (χ0v) is 38.0. The van der Waals surface area contributed by atoms with Crippen molar-refractivity contribution in [2.75, 3.05) is 10.7 Å². The third kappa shape index (κ3) is 6.52. The molecule has 2 rings (SSSR count). The van der Waals surface area contributed by atoms with Gasteiger partial charge in [-0.2, -0.15) is 0 Å². The summed E-state index contributed by atoms with van der Waals surface area (Å²) in [5.41, 5.74) is -1.70. The van der Waals surface area contributed by atoms with Crippen LogP contribution >= 0.6 is 223 Å². The molecule has 0 saturated carbocycles. The molecule has 0 saturated heterocycles. The van der Waals surface area contributed by atoms with Crippen LogP contribution in [-0.4, -0.2) is 41.2 Å². The molecule has 0 radical (unpaired) electrons. The number of rotatable bonds is 8. The molecule has 0 amide bonds. The number of halogens is 14. The Labute approximate surface area is 311 Å². The van der Waals surface area contributed by atoms with Crippen molar-refractivity contribution in [3.05, 3.63) is 35.9 Å². The third-order valence-corrected chi connectivity index (χ3v) is 21.9. The molecule has 0 fully saturated rings. The Balaban J connectivity index is 2.91. The maximum absolute atomic E-state index is 7.49. The van der Waals surface area contributed by atoms with E-state index >= 15 is 0 Å². The molecule has 0 heterocycles. The Morgan fingerprint density at radius 3 is 1.18 bits per heavy atom. The lowest BCUT2D eigenvalue weighted by molar-refractivity contribution is -0.103. The fourth-order valence-electron chi connectivity index (χ4n) is 3.38. The highest BCUT2D eigenvalue weighted by atomic mass is 79.9. The first-order chi connectivity index (χ1) is 15.3. The first kappa shape index (κ1) is 34.8. The zero-order valence-electron chi connectivity index (χ0n) is 15.8. The summed E-state index contributed by atoms with van der Waals surface area (Å²) in [5, 5.41) is 1.60. The van der Waals surface area contributed by atoms with E-state index in [0.29, 0.717) is 0 Å². The summed E-state index contributed by atoms with van der Waals surface area (Å²) < 4.78 is 14.7. The van der Waals surface area contributed by atoms with Gasteiger partial charge in [0, 0.05) is 46.5 Å². The van der Waals surface area contributed by atoms with E-state index < -0.39 is 11.2 Å². The van der Waals surface area contributed by atoms with E-state index in [1.54, 1.807) is 0 Å². The van der Waals surface area contributed by atoms with Crippen LogP contribution in [0.4, 0.5) is 0 Å². The van der Waals surface area contributed by atoms with Crippen LogP contribution in [0.3, 0.4) is 0 Å². The van der Waals surface area contributed by atoms with Crippen LogP contribution < -0.4 is 0 Å². The van der Waals surface area contributed by atoms with E-state index in [2.05, 4.69) is 223 Å². The Hall–Kier alpha value is 5.64. The topological polar surface area (TPSA) is 9.23 Å². The molecule has 0 bridgehead atoms. The second kappa shape index (κ2) is 14.7. The van der Waals surface area contributed by atoms with Gasteiger partial charge in [-0.3, -0.25) is 0 Å². The molecule has 0 aromatic heterocycles. The summed E-state index contributed by atoms with van der Waals surface area (Å²) in [6, 6.07) is 0. The molecule has 33 heavy (non-hydrogen) atoms. The lowest BCUT2D eigenvalue weighted by atomic mass is 9.84. The summed E-state index contributed by atoms with van der Waals surface area (Å²) in [7, 11) is 0. The summed E-state index contributed by atoms with van der Waals surface area (Å²) in [6.07, 6.45) is 1.63. The molecule has 0 aromatic carbocycles. The molecule has 0 aromatic rings. The van der Waals surface area contributed by atoms with Crippen molar-refractivity contribution in [3.63, 3.8) is 0 Å². The predicted molar refractivity (Wildman–Crippen MR) is 194 cm³/mol. The van der Waals surface area contributed by atoms with Gasteiger partial charge in [-0.05, 0) is 76.6 Å². The van der Waals surface area contributed by atoms with Gasteiger partial charge in [-0.1, -0.05) is 159 Å². The minimum atomic E-state index is -0.851. The van der Waals surface area contributed by atoms with E-state index in [4.69, 9.17) is 4.74 Å². The highest BCUT2D eigenvalue weighted by Gasteiger charge is 2.61. The number of alkyl halides is 6. The molecule has 6 atom stereocenters. The van der Waals surface area contributed by atoms with Gasteiger partial charge in [0.25, 0.3) is 0 Å². The Bertz CT molecular complexity index is 838. The molecule has 2 aliphatic carbocycles. The first-order valence-electron chi connectivity index (χ1n) is 8.88. The standard InChI is InChI=1S/C18H12Br14O/c19-3-1-5(21)17(13(29)9(25)7(23)10(26)14(17)30)33-18(6(22)2-4-20)15(31)11(27)8(24)12(28)16(18)32/h5-6,13,15H,1-4H2. The van der Waals surface area contributed by atoms with Crippen LogP contribution in [0, 0.1) is 0 Å². The maximum Gasteiger partial charge on any atom is 0.131 e. The molecule has 188 valence electrons.